The Kier molecular flexibility index (Phi) is 4.00. The smallest absolute Gasteiger partial charge is 0.00793 e. The van der Waals surface area contributed by atoms with E-state index < -0.39 is 0 Å². The lowest BCUT2D eigenvalue weighted by molar-refractivity contribution is 0.574. The Balaban J connectivity index is 1.94. The average Bonchev–Trinajstić information content (AvgIpc) is 2.73. The molecule has 16 heavy (non-hydrogen) atoms. The molecule has 0 saturated heterocycles. The summed E-state index contributed by atoms with van der Waals surface area (Å²) in [6.45, 7) is 2.22. The largest absolute Gasteiger partial charge is 0.327 e. The number of hydrogen-bond donors (Lipinski definition) is 1. The van der Waals surface area contributed by atoms with Gasteiger partial charge >= 0.3 is 0 Å². The van der Waals surface area contributed by atoms with Gasteiger partial charge in [0.25, 0.3) is 0 Å². The lowest BCUT2D eigenvalue weighted by atomic mass is 9.99. The molecule has 1 aliphatic rings. The summed E-state index contributed by atoms with van der Waals surface area (Å²) in [5.74, 6) is 0. The molecule has 1 nitrogen and oxygen atoms in total. The van der Waals surface area contributed by atoms with Gasteiger partial charge in [-0.2, -0.15) is 0 Å². The molecule has 1 unspecified atom stereocenters. The molecule has 1 aromatic carbocycles. The highest BCUT2D eigenvalue weighted by molar-refractivity contribution is 5.35. The molecule has 0 radical (unpaired) electrons. The van der Waals surface area contributed by atoms with E-state index in [1.165, 1.54) is 37.7 Å². The first kappa shape index (κ1) is 11.7. The molecule has 2 N–H and O–H groups in total. The molecule has 1 atom stereocenters. The van der Waals surface area contributed by atoms with Gasteiger partial charge in [-0.1, -0.05) is 38.0 Å². The zero-order valence-electron chi connectivity index (χ0n) is 10.3. The van der Waals surface area contributed by atoms with E-state index in [1.54, 1.807) is 11.1 Å². The highest BCUT2D eigenvalue weighted by Crippen LogP contribution is 2.23. The van der Waals surface area contributed by atoms with Gasteiger partial charge in [0.05, 0.1) is 0 Å². The van der Waals surface area contributed by atoms with Crippen LogP contribution in [-0.4, -0.2) is 6.04 Å². The number of benzene rings is 1. The molecule has 0 amide bonds. The second-order valence-electron chi connectivity index (χ2n) is 5.06. The third-order valence-electron chi connectivity index (χ3n) is 3.59. The Morgan fingerprint density at radius 1 is 1.25 bits per heavy atom. The summed E-state index contributed by atoms with van der Waals surface area (Å²) in [7, 11) is 0. The van der Waals surface area contributed by atoms with E-state index in [0.29, 0.717) is 6.04 Å². The first-order chi connectivity index (χ1) is 7.79. The average molecular weight is 217 g/mol. The predicted molar refractivity (Wildman–Crippen MR) is 69.7 cm³/mol. The molecule has 0 aliphatic heterocycles. The van der Waals surface area contributed by atoms with Crippen LogP contribution >= 0.6 is 0 Å². The zero-order valence-corrected chi connectivity index (χ0v) is 10.3. The topological polar surface area (TPSA) is 26.0 Å². The maximum absolute atomic E-state index is 6.14. The SMILES string of the molecule is CCCCC(N)Cc1ccc2c(c1)CCC2. The van der Waals surface area contributed by atoms with Crippen molar-refractivity contribution in [2.24, 2.45) is 5.73 Å². The van der Waals surface area contributed by atoms with Gasteiger partial charge in [0.15, 0.2) is 0 Å². The lowest BCUT2D eigenvalue weighted by Gasteiger charge is -2.12. The fourth-order valence-corrected chi connectivity index (χ4v) is 2.62. The maximum atomic E-state index is 6.14. The van der Waals surface area contributed by atoms with E-state index in [2.05, 4.69) is 25.1 Å². The molecule has 1 heteroatoms. The minimum Gasteiger partial charge on any atom is -0.327 e. The Labute approximate surface area is 99.0 Å². The second-order valence-corrected chi connectivity index (χ2v) is 5.06. The number of aryl methyl sites for hydroxylation is 2. The van der Waals surface area contributed by atoms with Crippen molar-refractivity contribution in [3.63, 3.8) is 0 Å². The summed E-state index contributed by atoms with van der Waals surface area (Å²) in [6, 6.07) is 7.31. The number of hydrogen-bond acceptors (Lipinski definition) is 1. The summed E-state index contributed by atoms with van der Waals surface area (Å²) < 4.78 is 0. The van der Waals surface area contributed by atoms with E-state index >= 15 is 0 Å². The van der Waals surface area contributed by atoms with E-state index in [0.717, 1.165) is 12.8 Å². The van der Waals surface area contributed by atoms with Crippen LogP contribution in [0.25, 0.3) is 0 Å². The lowest BCUT2D eigenvalue weighted by Crippen LogP contribution is -2.22. The monoisotopic (exact) mass is 217 g/mol. The summed E-state index contributed by atoms with van der Waals surface area (Å²) >= 11 is 0. The van der Waals surface area contributed by atoms with E-state index in [-0.39, 0.29) is 0 Å². The third-order valence-corrected chi connectivity index (χ3v) is 3.59. The van der Waals surface area contributed by atoms with E-state index in [9.17, 15) is 0 Å². The van der Waals surface area contributed by atoms with Crippen LogP contribution < -0.4 is 5.73 Å². The van der Waals surface area contributed by atoms with Crippen molar-refractivity contribution in [2.75, 3.05) is 0 Å². The molecule has 0 heterocycles. The highest BCUT2D eigenvalue weighted by Gasteiger charge is 2.11. The highest BCUT2D eigenvalue weighted by atomic mass is 14.6. The fourth-order valence-electron chi connectivity index (χ4n) is 2.62. The van der Waals surface area contributed by atoms with Crippen molar-refractivity contribution in [1.29, 1.82) is 0 Å². The first-order valence-electron chi connectivity index (χ1n) is 6.66. The fraction of sp³-hybridized carbons (Fsp3) is 0.600. The van der Waals surface area contributed by atoms with Crippen LogP contribution in [0.1, 0.15) is 49.3 Å². The van der Waals surface area contributed by atoms with Gasteiger partial charge in [-0.3, -0.25) is 0 Å². The summed E-state index contributed by atoms with van der Waals surface area (Å²) in [5, 5.41) is 0. The first-order valence-corrected chi connectivity index (χ1v) is 6.66. The molecule has 0 spiro atoms. The van der Waals surface area contributed by atoms with Crippen LogP contribution in [0.15, 0.2) is 18.2 Å². The molecular weight excluding hydrogens is 194 g/mol. The Hall–Kier alpha value is -0.820. The molecule has 2 rings (SSSR count). The molecule has 0 bridgehead atoms. The number of nitrogens with two attached hydrogens (primary N) is 1. The van der Waals surface area contributed by atoms with Crippen molar-refractivity contribution in [2.45, 2.75) is 57.9 Å². The van der Waals surface area contributed by atoms with Crippen molar-refractivity contribution >= 4 is 0 Å². The number of fused-ring (bicyclic) bond motifs is 1. The second kappa shape index (κ2) is 5.49. The number of unbranched alkanes of at least 4 members (excludes halogenated alkanes) is 1. The van der Waals surface area contributed by atoms with Gasteiger partial charge in [0.1, 0.15) is 0 Å². The van der Waals surface area contributed by atoms with Crippen LogP contribution in [-0.2, 0) is 19.3 Å². The Morgan fingerprint density at radius 2 is 2.06 bits per heavy atom. The molecular formula is C15H23N. The normalized spacial score (nSPS) is 16.1. The van der Waals surface area contributed by atoms with Crippen LogP contribution in [0.2, 0.25) is 0 Å². The standard InChI is InChI=1S/C15H23N/c1-2-3-7-15(16)11-12-8-9-13-5-4-6-14(13)10-12/h8-10,15H,2-7,11,16H2,1H3. The molecule has 1 aliphatic carbocycles. The van der Waals surface area contributed by atoms with Crippen LogP contribution in [0.4, 0.5) is 0 Å². The van der Waals surface area contributed by atoms with Crippen molar-refractivity contribution in [3.05, 3.63) is 34.9 Å². The Bertz CT molecular complexity index is 343. The van der Waals surface area contributed by atoms with Crippen molar-refractivity contribution in [3.8, 4) is 0 Å². The maximum Gasteiger partial charge on any atom is 0.00793 e. The third kappa shape index (κ3) is 2.85. The predicted octanol–water partition coefficient (Wildman–Crippen LogP) is 3.24. The molecule has 0 aromatic heterocycles. The van der Waals surface area contributed by atoms with Gasteiger partial charge in [-0.25, -0.2) is 0 Å². The van der Waals surface area contributed by atoms with Crippen molar-refractivity contribution in [1.82, 2.24) is 0 Å². The minimum absolute atomic E-state index is 0.347. The minimum atomic E-state index is 0.347. The quantitative estimate of drug-likeness (QED) is 0.805. The van der Waals surface area contributed by atoms with Gasteiger partial charge in [0.2, 0.25) is 0 Å². The van der Waals surface area contributed by atoms with Gasteiger partial charge in [-0.15, -0.1) is 0 Å². The van der Waals surface area contributed by atoms with E-state index in [1.807, 2.05) is 0 Å². The molecule has 1 aromatic rings. The van der Waals surface area contributed by atoms with Gasteiger partial charge < -0.3 is 5.73 Å². The Morgan fingerprint density at radius 3 is 2.88 bits per heavy atom. The molecule has 0 saturated carbocycles. The van der Waals surface area contributed by atoms with Crippen LogP contribution in [0.5, 0.6) is 0 Å². The van der Waals surface area contributed by atoms with Gasteiger partial charge in [-0.05, 0) is 48.8 Å². The summed E-state index contributed by atoms with van der Waals surface area (Å²) in [4.78, 5) is 0. The van der Waals surface area contributed by atoms with Crippen LogP contribution in [0, 0.1) is 0 Å². The van der Waals surface area contributed by atoms with Gasteiger partial charge in [0, 0.05) is 6.04 Å². The summed E-state index contributed by atoms with van der Waals surface area (Å²) in [5.41, 5.74) is 10.7. The van der Waals surface area contributed by atoms with Crippen LogP contribution in [0.3, 0.4) is 0 Å². The molecule has 88 valence electrons. The summed E-state index contributed by atoms with van der Waals surface area (Å²) in [6.07, 6.45) is 8.59. The van der Waals surface area contributed by atoms with E-state index in [4.69, 9.17) is 5.73 Å². The molecule has 0 fully saturated rings. The number of rotatable bonds is 5. The zero-order chi connectivity index (χ0) is 11.4. The van der Waals surface area contributed by atoms with Crippen molar-refractivity contribution < 1.29 is 0 Å².